The summed E-state index contributed by atoms with van der Waals surface area (Å²) in [6.45, 7) is 0. The first-order valence-corrected chi connectivity index (χ1v) is 12.0. The quantitative estimate of drug-likeness (QED) is 0.206. The van der Waals surface area contributed by atoms with E-state index in [1.54, 1.807) is 12.4 Å². The van der Waals surface area contributed by atoms with Crippen LogP contribution >= 0.6 is 34.9 Å². The number of hydrogen-bond donors (Lipinski definition) is 3. The van der Waals surface area contributed by atoms with Gasteiger partial charge < -0.3 is 15.5 Å². The minimum absolute atomic E-state index is 0. The molecule has 0 aliphatic carbocycles. The molecule has 0 saturated carbocycles. The fourth-order valence-electron chi connectivity index (χ4n) is 3.33. The number of carboxylic acids is 2. The molecular formula is C17H18N6Na2O6S3. The number of tetrazole rings is 1. The van der Waals surface area contributed by atoms with Crippen LogP contribution in [0.5, 0.6) is 0 Å². The summed E-state index contributed by atoms with van der Waals surface area (Å²) in [7, 11) is 1.67. The number of aromatic carboxylic acids is 1. The van der Waals surface area contributed by atoms with Crippen molar-refractivity contribution in [2.24, 2.45) is 7.05 Å². The van der Waals surface area contributed by atoms with Crippen LogP contribution < -0.4 is 5.32 Å². The van der Waals surface area contributed by atoms with Gasteiger partial charge in [0.05, 0.1) is 12.0 Å². The standard InChI is InChI=1S/C17H16N6O6S3.2Na.2H/c1-22-17(19-20-21-22)32-6-7-5-31-14-11(13(25)23(14)12(7)16(28)29)18-10(24)4-9-8(15(26)27)2-3-30-9;;;;/h2-3,11,14H,4-6H2,1H3,(H,18,24)(H,26,27)(H,28,29);;;;/t11?,14-;;;;/m1..../s1. The fraction of sp³-hybridized carbons (Fsp3) is 0.353. The van der Waals surface area contributed by atoms with E-state index in [9.17, 15) is 24.3 Å². The van der Waals surface area contributed by atoms with E-state index in [0.29, 0.717) is 27.1 Å². The van der Waals surface area contributed by atoms with Gasteiger partial charge in [0.25, 0.3) is 5.91 Å². The van der Waals surface area contributed by atoms with Gasteiger partial charge in [-0.2, -0.15) is 0 Å². The summed E-state index contributed by atoms with van der Waals surface area (Å²) in [6.07, 6.45) is -0.171. The number of nitrogens with zero attached hydrogens (tertiary/aromatic N) is 5. The summed E-state index contributed by atoms with van der Waals surface area (Å²) in [5, 5.41) is 34.2. The van der Waals surface area contributed by atoms with Gasteiger partial charge in [-0.05, 0) is 27.4 Å². The zero-order valence-electron chi connectivity index (χ0n) is 16.4. The van der Waals surface area contributed by atoms with Crippen LogP contribution in [0.1, 0.15) is 15.2 Å². The number of aryl methyl sites for hydroxylation is 1. The van der Waals surface area contributed by atoms with E-state index >= 15 is 0 Å². The third kappa shape index (κ3) is 5.90. The predicted octanol–water partition coefficient (Wildman–Crippen LogP) is -1.25. The number of carboxylic acid groups (broad SMARTS) is 2. The van der Waals surface area contributed by atoms with Gasteiger partial charge in [0, 0.05) is 23.4 Å². The van der Waals surface area contributed by atoms with Crippen LogP contribution in [0.15, 0.2) is 27.9 Å². The van der Waals surface area contributed by atoms with Crippen molar-refractivity contribution in [1.82, 2.24) is 30.4 Å². The Morgan fingerprint density at radius 1 is 1.26 bits per heavy atom. The number of carbonyl (C=O) groups excluding carboxylic acids is 2. The molecule has 2 aliphatic rings. The van der Waals surface area contributed by atoms with Crippen LogP contribution in [0.2, 0.25) is 0 Å². The van der Waals surface area contributed by atoms with Gasteiger partial charge in [-0.3, -0.25) is 14.5 Å². The van der Waals surface area contributed by atoms with Crippen molar-refractivity contribution in [3.63, 3.8) is 0 Å². The second-order valence-corrected chi connectivity index (χ2v) is 9.87. The molecule has 4 rings (SSSR count). The van der Waals surface area contributed by atoms with E-state index in [4.69, 9.17) is 5.11 Å². The summed E-state index contributed by atoms with van der Waals surface area (Å²) in [5.74, 6) is -2.68. The third-order valence-electron chi connectivity index (χ3n) is 4.82. The van der Waals surface area contributed by atoms with Crippen LogP contribution in [0, 0.1) is 0 Å². The SMILES string of the molecule is Cn1nnnc1SCC1=C(C(=O)O)N2C(=O)C(NC(=O)Cc3sccc3C(=O)O)[C@H]2SC1.[NaH].[NaH]. The van der Waals surface area contributed by atoms with Gasteiger partial charge >= 0.3 is 71.1 Å². The van der Waals surface area contributed by atoms with Crippen molar-refractivity contribution in [3.05, 3.63) is 33.2 Å². The van der Waals surface area contributed by atoms with Gasteiger partial charge in [0.15, 0.2) is 0 Å². The van der Waals surface area contributed by atoms with Crippen molar-refractivity contribution in [2.75, 3.05) is 11.5 Å². The van der Waals surface area contributed by atoms with Crippen LogP contribution in [0.4, 0.5) is 0 Å². The van der Waals surface area contributed by atoms with Crippen molar-refractivity contribution < 1.29 is 29.4 Å². The number of β-lactam (4-membered cyclic amide) rings is 1. The summed E-state index contributed by atoms with van der Waals surface area (Å²) in [4.78, 5) is 49.8. The molecule has 0 bridgehead atoms. The first kappa shape index (κ1) is 29.3. The van der Waals surface area contributed by atoms with Crippen LogP contribution in [-0.2, 0) is 27.9 Å². The number of nitrogens with one attached hydrogen (secondary N) is 1. The van der Waals surface area contributed by atoms with Crippen LogP contribution in [-0.4, -0.2) is 141 Å². The Morgan fingerprint density at radius 3 is 2.62 bits per heavy atom. The molecule has 1 saturated heterocycles. The topological polar surface area (TPSA) is 168 Å². The third-order valence-corrected chi connectivity index (χ3v) is 8.18. The fourth-order valence-corrected chi connectivity index (χ4v) is 6.53. The zero-order chi connectivity index (χ0) is 23.0. The summed E-state index contributed by atoms with van der Waals surface area (Å²) in [5.41, 5.74) is 0.531. The molecule has 12 nitrogen and oxygen atoms in total. The number of rotatable bonds is 8. The number of aliphatic carboxylic acids is 1. The molecule has 2 amide bonds. The van der Waals surface area contributed by atoms with Gasteiger partial charge in [-0.15, -0.1) is 28.2 Å². The second-order valence-electron chi connectivity index (χ2n) is 6.83. The number of aromatic nitrogens is 4. The van der Waals surface area contributed by atoms with E-state index in [2.05, 4.69) is 20.8 Å². The number of fused-ring (bicyclic) bond motifs is 1. The molecule has 4 heterocycles. The maximum atomic E-state index is 12.7. The van der Waals surface area contributed by atoms with Gasteiger partial charge in [-0.25, -0.2) is 14.3 Å². The molecule has 2 aromatic heterocycles. The number of thiophene rings is 1. The Kier molecular flexibility index (Phi) is 10.7. The molecule has 2 atom stereocenters. The first-order valence-electron chi connectivity index (χ1n) is 9.12. The Bertz CT molecular complexity index is 1150. The Morgan fingerprint density at radius 2 is 2.00 bits per heavy atom. The monoisotopic (exact) mass is 544 g/mol. The van der Waals surface area contributed by atoms with Gasteiger partial charge in [-0.1, -0.05) is 11.8 Å². The van der Waals surface area contributed by atoms with E-state index in [-0.39, 0.29) is 76.8 Å². The molecular weight excluding hydrogens is 526 g/mol. The molecule has 2 aromatic rings. The predicted molar refractivity (Wildman–Crippen MR) is 128 cm³/mol. The van der Waals surface area contributed by atoms with E-state index in [1.165, 1.54) is 39.2 Å². The van der Waals surface area contributed by atoms with Crippen molar-refractivity contribution in [1.29, 1.82) is 0 Å². The maximum absolute atomic E-state index is 12.7. The van der Waals surface area contributed by atoms with Gasteiger partial charge in [0.2, 0.25) is 11.1 Å². The number of amides is 2. The van der Waals surface area contributed by atoms with E-state index in [0.717, 1.165) is 11.3 Å². The second kappa shape index (κ2) is 12.4. The van der Waals surface area contributed by atoms with E-state index in [1.807, 2.05) is 0 Å². The molecule has 0 radical (unpaired) electrons. The van der Waals surface area contributed by atoms with Crippen molar-refractivity contribution in [2.45, 2.75) is 23.0 Å². The van der Waals surface area contributed by atoms with E-state index < -0.39 is 35.2 Å². The normalized spacial score (nSPS) is 18.9. The number of carbonyl (C=O) groups is 4. The molecule has 3 N–H and O–H groups in total. The number of hydrogen-bond acceptors (Lipinski definition) is 10. The number of thioether (sulfide) groups is 2. The molecule has 1 fully saturated rings. The average Bonchev–Trinajstić information content (AvgIpc) is 3.38. The van der Waals surface area contributed by atoms with Crippen molar-refractivity contribution >= 4 is 118 Å². The molecule has 34 heavy (non-hydrogen) atoms. The Labute approximate surface area is 249 Å². The van der Waals surface area contributed by atoms with Gasteiger partial charge in [0.1, 0.15) is 17.1 Å². The average molecular weight is 545 g/mol. The molecule has 1 unspecified atom stereocenters. The summed E-state index contributed by atoms with van der Waals surface area (Å²) < 4.78 is 1.47. The molecule has 0 spiro atoms. The molecule has 172 valence electrons. The summed E-state index contributed by atoms with van der Waals surface area (Å²) >= 11 is 3.77. The van der Waals surface area contributed by atoms with Crippen molar-refractivity contribution in [3.8, 4) is 0 Å². The Balaban J connectivity index is 0.00000204. The van der Waals surface area contributed by atoms with Crippen LogP contribution in [0.25, 0.3) is 0 Å². The molecule has 17 heteroatoms. The first-order chi connectivity index (χ1) is 15.3. The zero-order valence-corrected chi connectivity index (χ0v) is 18.9. The minimum atomic E-state index is -1.22. The summed E-state index contributed by atoms with van der Waals surface area (Å²) in [6, 6.07) is 0.552. The van der Waals surface area contributed by atoms with Crippen LogP contribution in [0.3, 0.4) is 0 Å². The Hall–Kier alpha value is -0.910. The molecule has 0 aromatic carbocycles. The molecule has 2 aliphatic heterocycles.